The molecule has 0 bridgehead atoms. The van der Waals surface area contributed by atoms with E-state index in [9.17, 15) is 4.79 Å². The number of benzene rings is 1. The summed E-state index contributed by atoms with van der Waals surface area (Å²) >= 11 is 9.02. The Kier molecular flexibility index (Phi) is 3.93. The zero-order valence-electron chi connectivity index (χ0n) is 7.50. The number of primary amides is 1. The Morgan fingerprint density at radius 2 is 2.13 bits per heavy atom. The summed E-state index contributed by atoms with van der Waals surface area (Å²) in [6.45, 7) is 0. The molecule has 5 N–H and O–H groups in total. The lowest BCUT2D eigenvalue weighted by Gasteiger charge is -2.01. The predicted molar refractivity (Wildman–Crippen MR) is 63.2 cm³/mol. The smallest absolute Gasteiger partial charge is 0.318 e. The number of nitrogens with zero attached hydrogens (tertiary/aromatic N) is 1. The summed E-state index contributed by atoms with van der Waals surface area (Å²) in [6, 6.07) is 4.21. The molecule has 0 heterocycles. The number of guanidine groups is 1. The van der Waals surface area contributed by atoms with Gasteiger partial charge in [-0.3, -0.25) is 5.32 Å². The van der Waals surface area contributed by atoms with Crippen molar-refractivity contribution in [2.24, 2.45) is 16.5 Å². The van der Waals surface area contributed by atoms with E-state index in [-0.39, 0.29) is 5.96 Å². The largest absolute Gasteiger partial charge is 0.369 e. The van der Waals surface area contributed by atoms with Gasteiger partial charge in [0.15, 0.2) is 0 Å². The van der Waals surface area contributed by atoms with E-state index in [4.69, 9.17) is 23.1 Å². The maximum absolute atomic E-state index is 10.4. The summed E-state index contributed by atoms with van der Waals surface area (Å²) in [4.78, 5) is 14.3. The van der Waals surface area contributed by atoms with Gasteiger partial charge in [-0.2, -0.15) is 0 Å². The summed E-state index contributed by atoms with van der Waals surface area (Å²) < 4.78 is 0.692. The van der Waals surface area contributed by atoms with Crippen LogP contribution in [0.1, 0.15) is 0 Å². The lowest BCUT2D eigenvalue weighted by molar-refractivity contribution is 0.253. The number of hydrogen-bond acceptors (Lipinski definition) is 2. The fourth-order valence-corrected chi connectivity index (χ4v) is 1.33. The SMILES string of the molecule is NC(=O)NC(N)=Nc1ccc(Cl)c(Br)c1. The van der Waals surface area contributed by atoms with Gasteiger partial charge in [-0.05, 0) is 34.1 Å². The van der Waals surface area contributed by atoms with Gasteiger partial charge < -0.3 is 11.5 Å². The second kappa shape index (κ2) is 4.99. The van der Waals surface area contributed by atoms with Gasteiger partial charge in [0.05, 0.1) is 10.7 Å². The van der Waals surface area contributed by atoms with Gasteiger partial charge in [-0.25, -0.2) is 9.79 Å². The average Bonchev–Trinajstić information content (AvgIpc) is 2.10. The highest BCUT2D eigenvalue weighted by molar-refractivity contribution is 9.10. The van der Waals surface area contributed by atoms with Gasteiger partial charge in [0, 0.05) is 4.47 Å². The van der Waals surface area contributed by atoms with Crippen LogP contribution in [0.3, 0.4) is 0 Å². The minimum absolute atomic E-state index is 0.0725. The molecule has 0 fully saturated rings. The van der Waals surface area contributed by atoms with Gasteiger partial charge in [-0.15, -0.1) is 0 Å². The van der Waals surface area contributed by atoms with E-state index in [0.717, 1.165) is 0 Å². The third kappa shape index (κ3) is 3.77. The van der Waals surface area contributed by atoms with Crippen LogP contribution in [0.4, 0.5) is 10.5 Å². The highest BCUT2D eigenvalue weighted by Crippen LogP contribution is 2.26. The van der Waals surface area contributed by atoms with E-state index in [1.165, 1.54) is 0 Å². The zero-order valence-corrected chi connectivity index (χ0v) is 9.84. The Hall–Kier alpha value is -1.27. The van der Waals surface area contributed by atoms with E-state index >= 15 is 0 Å². The van der Waals surface area contributed by atoms with Crippen LogP contribution in [0.15, 0.2) is 27.7 Å². The molecule has 0 radical (unpaired) electrons. The summed E-state index contributed by atoms with van der Waals surface area (Å²) in [7, 11) is 0. The molecule has 0 spiro atoms. The normalized spacial score (nSPS) is 11.2. The average molecular weight is 292 g/mol. The summed E-state index contributed by atoms with van der Waals surface area (Å²) in [5.41, 5.74) is 10.8. The Balaban J connectivity index is 2.88. The zero-order chi connectivity index (χ0) is 11.4. The minimum atomic E-state index is -0.760. The fraction of sp³-hybridized carbons (Fsp3) is 0. The molecule has 1 aromatic carbocycles. The van der Waals surface area contributed by atoms with E-state index in [2.05, 4.69) is 26.2 Å². The molecule has 2 amide bonds. The van der Waals surface area contributed by atoms with Crippen molar-refractivity contribution in [1.82, 2.24) is 5.32 Å². The quantitative estimate of drug-likeness (QED) is 0.543. The van der Waals surface area contributed by atoms with Crippen LogP contribution in [-0.2, 0) is 0 Å². The molecule has 5 nitrogen and oxygen atoms in total. The molecule has 0 saturated heterocycles. The first-order valence-corrected chi connectivity index (χ1v) is 5.02. The molecule has 0 saturated carbocycles. The highest BCUT2D eigenvalue weighted by Gasteiger charge is 2.00. The molecule has 0 aromatic heterocycles. The maximum Gasteiger partial charge on any atom is 0.318 e. The molecule has 0 aliphatic carbocycles. The van der Waals surface area contributed by atoms with Crippen molar-refractivity contribution in [3.63, 3.8) is 0 Å². The van der Waals surface area contributed by atoms with Crippen LogP contribution in [-0.4, -0.2) is 12.0 Å². The van der Waals surface area contributed by atoms with Crippen LogP contribution in [0, 0.1) is 0 Å². The number of hydrogen-bond donors (Lipinski definition) is 3. The van der Waals surface area contributed by atoms with Gasteiger partial charge >= 0.3 is 6.03 Å². The number of amides is 2. The second-order valence-electron chi connectivity index (χ2n) is 2.58. The van der Waals surface area contributed by atoms with Crippen molar-refractivity contribution < 1.29 is 4.79 Å². The molecule has 0 aliphatic heterocycles. The molecular weight excluding hydrogens is 283 g/mol. The first kappa shape index (κ1) is 11.8. The summed E-state index contributed by atoms with van der Waals surface area (Å²) in [6.07, 6.45) is 0. The lowest BCUT2D eigenvalue weighted by Crippen LogP contribution is -2.39. The molecule has 1 aromatic rings. The number of carbonyl (C=O) groups is 1. The topological polar surface area (TPSA) is 93.5 Å². The number of nitrogens with two attached hydrogens (primary N) is 2. The van der Waals surface area contributed by atoms with E-state index < -0.39 is 6.03 Å². The van der Waals surface area contributed by atoms with Crippen LogP contribution in [0.2, 0.25) is 5.02 Å². The molecular formula is C8H8BrClN4O. The van der Waals surface area contributed by atoms with Crippen LogP contribution >= 0.6 is 27.5 Å². The fourth-order valence-electron chi connectivity index (χ4n) is 0.848. The van der Waals surface area contributed by atoms with Crippen molar-refractivity contribution in [3.8, 4) is 0 Å². The number of nitrogens with one attached hydrogen (secondary N) is 1. The minimum Gasteiger partial charge on any atom is -0.369 e. The van der Waals surface area contributed by atoms with E-state index in [1.54, 1.807) is 18.2 Å². The lowest BCUT2D eigenvalue weighted by atomic mass is 10.3. The molecule has 7 heteroatoms. The molecule has 1 rings (SSSR count). The number of urea groups is 1. The van der Waals surface area contributed by atoms with Crippen molar-refractivity contribution in [2.45, 2.75) is 0 Å². The maximum atomic E-state index is 10.4. The van der Waals surface area contributed by atoms with Gasteiger partial charge in [0.25, 0.3) is 0 Å². The van der Waals surface area contributed by atoms with Gasteiger partial charge in [0.1, 0.15) is 0 Å². The van der Waals surface area contributed by atoms with E-state index in [1.807, 2.05) is 0 Å². The van der Waals surface area contributed by atoms with Crippen LogP contribution in [0.25, 0.3) is 0 Å². The first-order chi connectivity index (χ1) is 6.99. The van der Waals surface area contributed by atoms with Crippen molar-refractivity contribution >= 4 is 45.2 Å². The number of carbonyl (C=O) groups excluding carboxylic acids is 1. The summed E-state index contributed by atoms with van der Waals surface area (Å²) in [5, 5.41) is 2.71. The van der Waals surface area contributed by atoms with Gasteiger partial charge in [0.2, 0.25) is 5.96 Å². The third-order valence-electron chi connectivity index (χ3n) is 1.40. The Labute approximate surface area is 99.6 Å². The van der Waals surface area contributed by atoms with E-state index in [0.29, 0.717) is 15.2 Å². The predicted octanol–water partition coefficient (Wildman–Crippen LogP) is 1.72. The molecule has 80 valence electrons. The standard InChI is InChI=1S/C8H8BrClN4O/c9-5-3-4(1-2-6(5)10)13-7(11)14-8(12)15/h1-3H,(H5,11,12,13,14,15). The monoisotopic (exact) mass is 290 g/mol. The van der Waals surface area contributed by atoms with Crippen molar-refractivity contribution in [1.29, 1.82) is 0 Å². The number of aliphatic imine (C=N–C) groups is 1. The molecule has 0 atom stereocenters. The second-order valence-corrected chi connectivity index (χ2v) is 3.85. The molecule has 0 unspecified atom stereocenters. The van der Waals surface area contributed by atoms with Crippen molar-refractivity contribution in [2.75, 3.05) is 0 Å². The van der Waals surface area contributed by atoms with Crippen LogP contribution < -0.4 is 16.8 Å². The summed E-state index contributed by atoms with van der Waals surface area (Å²) in [5.74, 6) is -0.0725. The first-order valence-electron chi connectivity index (χ1n) is 3.84. The van der Waals surface area contributed by atoms with Gasteiger partial charge in [-0.1, -0.05) is 11.6 Å². The Bertz CT molecular complexity index is 421. The molecule has 15 heavy (non-hydrogen) atoms. The third-order valence-corrected chi connectivity index (χ3v) is 2.62. The highest BCUT2D eigenvalue weighted by atomic mass is 79.9. The number of halogens is 2. The Morgan fingerprint density at radius 3 is 2.67 bits per heavy atom. The molecule has 0 aliphatic rings. The van der Waals surface area contributed by atoms with Crippen molar-refractivity contribution in [3.05, 3.63) is 27.7 Å². The number of rotatable bonds is 1. The Morgan fingerprint density at radius 1 is 1.47 bits per heavy atom. The van der Waals surface area contributed by atoms with Crippen LogP contribution in [0.5, 0.6) is 0 Å².